The fourth-order valence-electron chi connectivity index (χ4n) is 2.37. The number of carbonyl (C=O) groups excluding carboxylic acids is 3. The van der Waals surface area contributed by atoms with Gasteiger partial charge in [-0.2, -0.15) is 0 Å². The Hall–Kier alpha value is -2.60. The van der Waals surface area contributed by atoms with Crippen molar-refractivity contribution in [2.45, 2.75) is 24.7 Å². The molecule has 0 aliphatic carbocycles. The van der Waals surface area contributed by atoms with E-state index in [9.17, 15) is 14.4 Å². The molecule has 0 heterocycles. The Kier molecular flexibility index (Phi) is 8.07. The molecule has 27 heavy (non-hydrogen) atoms. The number of thioether (sulfide) groups is 1. The van der Waals surface area contributed by atoms with Crippen LogP contribution in [0.2, 0.25) is 0 Å². The molecule has 0 radical (unpaired) electrons. The Morgan fingerprint density at radius 2 is 1.70 bits per heavy atom. The smallest absolute Gasteiger partial charge is 0.339 e. The van der Waals surface area contributed by atoms with E-state index in [0.29, 0.717) is 17.0 Å². The molecule has 0 aliphatic rings. The minimum Gasteiger partial charge on any atom is -0.452 e. The molecule has 0 fully saturated rings. The third-order valence-corrected chi connectivity index (χ3v) is 5.06. The van der Waals surface area contributed by atoms with Crippen molar-refractivity contribution in [1.29, 1.82) is 0 Å². The molecule has 0 bridgehead atoms. The van der Waals surface area contributed by atoms with E-state index in [1.165, 1.54) is 18.7 Å². The summed E-state index contributed by atoms with van der Waals surface area (Å²) in [5, 5.41) is 2.78. The standard InChI is InChI=1S/C21H23NO4S/c1-15(17-8-4-3-5-9-17)12-22-20(24)13-26-21(25)18-10-6-7-11-19(18)27-14-16(2)23/h3-11,15H,12-14H2,1-2H3,(H,22,24)/t15-/m0/s1. The molecule has 2 aromatic carbocycles. The third-order valence-electron chi connectivity index (χ3n) is 3.85. The Bertz CT molecular complexity index is 792. The van der Waals surface area contributed by atoms with E-state index >= 15 is 0 Å². The monoisotopic (exact) mass is 385 g/mol. The van der Waals surface area contributed by atoms with Crippen LogP contribution in [0.3, 0.4) is 0 Å². The molecule has 0 aromatic heterocycles. The minimum absolute atomic E-state index is 0.0232. The van der Waals surface area contributed by atoms with Gasteiger partial charge in [-0.1, -0.05) is 49.4 Å². The van der Waals surface area contributed by atoms with Gasteiger partial charge in [-0.05, 0) is 30.5 Å². The van der Waals surface area contributed by atoms with Crippen molar-refractivity contribution in [3.8, 4) is 0 Å². The van der Waals surface area contributed by atoms with Gasteiger partial charge in [0.25, 0.3) is 5.91 Å². The zero-order valence-corrected chi connectivity index (χ0v) is 16.3. The number of ketones is 1. The lowest BCUT2D eigenvalue weighted by Gasteiger charge is -2.13. The Morgan fingerprint density at radius 1 is 1.04 bits per heavy atom. The number of esters is 1. The Labute approximate surface area is 163 Å². The summed E-state index contributed by atoms with van der Waals surface area (Å²) in [5.74, 6) is -0.458. The van der Waals surface area contributed by atoms with E-state index in [4.69, 9.17) is 4.74 Å². The third kappa shape index (κ3) is 6.90. The van der Waals surface area contributed by atoms with Crippen LogP contribution in [-0.2, 0) is 14.3 Å². The highest BCUT2D eigenvalue weighted by Crippen LogP contribution is 2.23. The first-order valence-electron chi connectivity index (χ1n) is 8.67. The van der Waals surface area contributed by atoms with E-state index in [2.05, 4.69) is 5.32 Å². The molecule has 2 rings (SSSR count). The average molecular weight is 385 g/mol. The second-order valence-electron chi connectivity index (χ2n) is 6.18. The number of benzene rings is 2. The summed E-state index contributed by atoms with van der Waals surface area (Å²) in [4.78, 5) is 36.1. The molecule has 0 saturated heterocycles. The summed E-state index contributed by atoms with van der Waals surface area (Å²) in [6.45, 7) is 3.64. The second kappa shape index (κ2) is 10.5. The number of amides is 1. The van der Waals surface area contributed by atoms with Gasteiger partial charge in [-0.15, -0.1) is 11.8 Å². The summed E-state index contributed by atoms with van der Waals surface area (Å²) in [6.07, 6.45) is 0. The number of rotatable bonds is 9. The molecule has 0 saturated carbocycles. The number of ether oxygens (including phenoxy) is 1. The number of hydrogen-bond donors (Lipinski definition) is 1. The van der Waals surface area contributed by atoms with E-state index in [1.807, 2.05) is 37.3 Å². The van der Waals surface area contributed by atoms with Crippen LogP contribution in [0.15, 0.2) is 59.5 Å². The number of carbonyl (C=O) groups is 3. The van der Waals surface area contributed by atoms with E-state index in [-0.39, 0.29) is 30.0 Å². The first-order chi connectivity index (χ1) is 13.0. The van der Waals surface area contributed by atoms with Crippen molar-refractivity contribution in [3.05, 3.63) is 65.7 Å². The maximum absolute atomic E-state index is 12.3. The van der Waals surface area contributed by atoms with Crippen LogP contribution >= 0.6 is 11.8 Å². The van der Waals surface area contributed by atoms with Crippen molar-refractivity contribution in [1.82, 2.24) is 5.32 Å². The normalized spacial score (nSPS) is 11.5. The molecule has 0 spiro atoms. The molecule has 2 aromatic rings. The van der Waals surface area contributed by atoms with Gasteiger partial charge >= 0.3 is 5.97 Å². The first-order valence-corrected chi connectivity index (χ1v) is 9.66. The fourth-order valence-corrected chi connectivity index (χ4v) is 3.21. The fraction of sp³-hybridized carbons (Fsp3) is 0.286. The lowest BCUT2D eigenvalue weighted by Crippen LogP contribution is -2.31. The lowest BCUT2D eigenvalue weighted by molar-refractivity contribution is -0.124. The van der Waals surface area contributed by atoms with Crippen LogP contribution in [0.5, 0.6) is 0 Å². The second-order valence-corrected chi connectivity index (χ2v) is 7.20. The molecule has 142 valence electrons. The molecular weight excluding hydrogens is 362 g/mol. The zero-order valence-electron chi connectivity index (χ0n) is 15.4. The molecule has 1 amide bonds. The van der Waals surface area contributed by atoms with Crippen molar-refractivity contribution in [2.75, 3.05) is 18.9 Å². The topological polar surface area (TPSA) is 72.5 Å². The minimum atomic E-state index is -0.576. The summed E-state index contributed by atoms with van der Waals surface area (Å²) in [6, 6.07) is 16.8. The van der Waals surface area contributed by atoms with Crippen LogP contribution in [-0.4, -0.2) is 36.6 Å². The highest BCUT2D eigenvalue weighted by atomic mass is 32.2. The SMILES string of the molecule is CC(=O)CSc1ccccc1C(=O)OCC(=O)NC[C@H](C)c1ccccc1. The molecule has 6 heteroatoms. The van der Waals surface area contributed by atoms with E-state index in [0.717, 1.165) is 5.56 Å². The number of hydrogen-bond acceptors (Lipinski definition) is 5. The molecule has 0 unspecified atom stereocenters. The van der Waals surface area contributed by atoms with E-state index < -0.39 is 5.97 Å². The summed E-state index contributed by atoms with van der Waals surface area (Å²) < 4.78 is 5.13. The largest absolute Gasteiger partial charge is 0.452 e. The van der Waals surface area contributed by atoms with Crippen LogP contribution < -0.4 is 5.32 Å². The predicted octanol–water partition coefficient (Wildman–Crippen LogP) is 3.44. The molecule has 0 aliphatic heterocycles. The summed E-state index contributed by atoms with van der Waals surface area (Å²) in [7, 11) is 0. The first kappa shape index (κ1) is 20.7. The van der Waals surface area contributed by atoms with Crippen LogP contribution in [0, 0.1) is 0 Å². The highest BCUT2D eigenvalue weighted by Gasteiger charge is 2.15. The van der Waals surface area contributed by atoms with Gasteiger partial charge in [0.1, 0.15) is 5.78 Å². The van der Waals surface area contributed by atoms with Gasteiger partial charge in [0.2, 0.25) is 0 Å². The van der Waals surface area contributed by atoms with E-state index in [1.54, 1.807) is 24.3 Å². The molecule has 1 N–H and O–H groups in total. The summed E-state index contributed by atoms with van der Waals surface area (Å²) >= 11 is 1.28. The summed E-state index contributed by atoms with van der Waals surface area (Å²) in [5.41, 5.74) is 1.49. The van der Waals surface area contributed by atoms with Gasteiger partial charge in [0, 0.05) is 11.4 Å². The van der Waals surface area contributed by atoms with Gasteiger partial charge < -0.3 is 10.1 Å². The molecular formula is C21H23NO4S. The van der Waals surface area contributed by atoms with Crippen LogP contribution in [0.25, 0.3) is 0 Å². The van der Waals surface area contributed by atoms with Crippen LogP contribution in [0.1, 0.15) is 35.7 Å². The maximum Gasteiger partial charge on any atom is 0.339 e. The number of nitrogens with one attached hydrogen (secondary N) is 1. The van der Waals surface area contributed by atoms with Gasteiger partial charge in [-0.3, -0.25) is 9.59 Å². The van der Waals surface area contributed by atoms with Gasteiger partial charge in [0.05, 0.1) is 11.3 Å². The van der Waals surface area contributed by atoms with Crippen molar-refractivity contribution >= 4 is 29.4 Å². The zero-order chi connectivity index (χ0) is 19.6. The molecule has 5 nitrogen and oxygen atoms in total. The van der Waals surface area contributed by atoms with Gasteiger partial charge in [-0.25, -0.2) is 4.79 Å². The molecule has 1 atom stereocenters. The maximum atomic E-state index is 12.3. The van der Waals surface area contributed by atoms with Crippen molar-refractivity contribution in [3.63, 3.8) is 0 Å². The van der Waals surface area contributed by atoms with Crippen molar-refractivity contribution < 1.29 is 19.1 Å². The van der Waals surface area contributed by atoms with Gasteiger partial charge in [0.15, 0.2) is 6.61 Å². The highest BCUT2D eigenvalue weighted by molar-refractivity contribution is 8.00. The Balaban J connectivity index is 1.83. The lowest BCUT2D eigenvalue weighted by atomic mass is 10.0. The van der Waals surface area contributed by atoms with Crippen molar-refractivity contribution in [2.24, 2.45) is 0 Å². The number of Topliss-reactive ketones (excluding diaryl/α,β-unsaturated/α-hetero) is 1. The van der Waals surface area contributed by atoms with Crippen LogP contribution in [0.4, 0.5) is 0 Å². The predicted molar refractivity (Wildman–Crippen MR) is 106 cm³/mol. The quantitative estimate of drug-likeness (QED) is 0.529. The Morgan fingerprint density at radius 3 is 2.41 bits per heavy atom. The average Bonchev–Trinajstić information content (AvgIpc) is 2.69.